The standard InChI is InChI=1S/C18H18BrNO4/c1-11(2)12-3-6-14(7-4-12)24-10-17(21)20-16-8-5-13(19)9-15(16)18(22)23/h3-9,11H,10H2,1-2H3,(H,20,21)(H,22,23). The maximum Gasteiger partial charge on any atom is 0.337 e. The molecule has 0 saturated carbocycles. The van der Waals surface area contributed by atoms with Crippen LogP contribution < -0.4 is 10.1 Å². The molecule has 0 bridgehead atoms. The van der Waals surface area contributed by atoms with E-state index in [9.17, 15) is 14.7 Å². The van der Waals surface area contributed by atoms with Gasteiger partial charge in [-0.15, -0.1) is 0 Å². The largest absolute Gasteiger partial charge is 0.484 e. The third kappa shape index (κ3) is 4.83. The minimum absolute atomic E-state index is 0.0130. The number of carboxylic acid groups (broad SMARTS) is 1. The van der Waals surface area contributed by atoms with Gasteiger partial charge in [-0.1, -0.05) is 41.9 Å². The lowest BCUT2D eigenvalue weighted by molar-refractivity contribution is -0.118. The molecular weight excluding hydrogens is 374 g/mol. The molecule has 0 atom stereocenters. The van der Waals surface area contributed by atoms with Crippen LogP contribution >= 0.6 is 15.9 Å². The Morgan fingerprint density at radius 1 is 1.17 bits per heavy atom. The number of aromatic carboxylic acids is 1. The highest BCUT2D eigenvalue weighted by Crippen LogP contribution is 2.22. The number of rotatable bonds is 6. The summed E-state index contributed by atoms with van der Waals surface area (Å²) in [6, 6.07) is 12.2. The van der Waals surface area contributed by atoms with Gasteiger partial charge in [-0.2, -0.15) is 0 Å². The second-order valence-electron chi connectivity index (χ2n) is 5.56. The summed E-state index contributed by atoms with van der Waals surface area (Å²) in [5.41, 5.74) is 1.43. The lowest BCUT2D eigenvalue weighted by atomic mass is 10.0. The molecule has 0 aliphatic carbocycles. The quantitative estimate of drug-likeness (QED) is 0.769. The summed E-state index contributed by atoms with van der Waals surface area (Å²) in [5, 5.41) is 11.7. The molecule has 0 heterocycles. The van der Waals surface area contributed by atoms with Crippen molar-refractivity contribution in [1.82, 2.24) is 0 Å². The van der Waals surface area contributed by atoms with Crippen LogP contribution in [0.1, 0.15) is 35.7 Å². The highest BCUT2D eigenvalue weighted by atomic mass is 79.9. The van der Waals surface area contributed by atoms with Gasteiger partial charge in [0, 0.05) is 4.47 Å². The SMILES string of the molecule is CC(C)c1ccc(OCC(=O)Nc2ccc(Br)cc2C(=O)O)cc1. The number of hydrogen-bond acceptors (Lipinski definition) is 3. The molecule has 0 aliphatic heterocycles. The highest BCUT2D eigenvalue weighted by molar-refractivity contribution is 9.10. The van der Waals surface area contributed by atoms with E-state index in [1.54, 1.807) is 6.07 Å². The van der Waals surface area contributed by atoms with Crippen LogP contribution in [-0.2, 0) is 4.79 Å². The van der Waals surface area contributed by atoms with Crippen molar-refractivity contribution in [2.75, 3.05) is 11.9 Å². The van der Waals surface area contributed by atoms with E-state index < -0.39 is 11.9 Å². The highest BCUT2D eigenvalue weighted by Gasteiger charge is 2.13. The first-order chi connectivity index (χ1) is 11.4. The number of halogens is 1. The van der Waals surface area contributed by atoms with E-state index in [0.717, 1.165) is 0 Å². The average Bonchev–Trinajstić information content (AvgIpc) is 2.54. The molecule has 0 aromatic heterocycles. The Morgan fingerprint density at radius 2 is 1.83 bits per heavy atom. The van der Waals surface area contributed by atoms with Crippen LogP contribution in [0, 0.1) is 0 Å². The van der Waals surface area contributed by atoms with E-state index in [1.807, 2.05) is 24.3 Å². The van der Waals surface area contributed by atoms with Crippen LogP contribution in [0.5, 0.6) is 5.75 Å². The Morgan fingerprint density at radius 3 is 2.42 bits per heavy atom. The Hall–Kier alpha value is -2.34. The summed E-state index contributed by atoms with van der Waals surface area (Å²) in [4.78, 5) is 23.2. The third-order valence-electron chi connectivity index (χ3n) is 3.40. The first kappa shape index (κ1) is 18.0. The zero-order chi connectivity index (χ0) is 17.7. The van der Waals surface area contributed by atoms with Crippen LogP contribution in [0.25, 0.3) is 0 Å². The summed E-state index contributed by atoms with van der Waals surface area (Å²) in [6.07, 6.45) is 0. The fourth-order valence-electron chi connectivity index (χ4n) is 2.09. The minimum Gasteiger partial charge on any atom is -0.484 e. The van der Waals surface area contributed by atoms with Gasteiger partial charge in [-0.25, -0.2) is 4.79 Å². The van der Waals surface area contributed by atoms with E-state index in [0.29, 0.717) is 16.1 Å². The van der Waals surface area contributed by atoms with Gasteiger partial charge in [0.2, 0.25) is 0 Å². The summed E-state index contributed by atoms with van der Waals surface area (Å²) in [7, 11) is 0. The molecule has 126 valence electrons. The molecule has 2 aromatic carbocycles. The molecule has 2 aromatic rings. The molecule has 0 aliphatic rings. The molecule has 6 heteroatoms. The van der Waals surface area contributed by atoms with E-state index in [-0.39, 0.29) is 17.9 Å². The first-order valence-corrected chi connectivity index (χ1v) is 8.21. The number of nitrogens with one attached hydrogen (secondary N) is 1. The normalized spacial score (nSPS) is 10.5. The molecule has 0 saturated heterocycles. The number of anilines is 1. The molecule has 0 radical (unpaired) electrons. The number of amides is 1. The van der Waals surface area contributed by atoms with Gasteiger partial charge in [0.1, 0.15) is 5.75 Å². The van der Waals surface area contributed by atoms with Crippen molar-refractivity contribution in [1.29, 1.82) is 0 Å². The number of carbonyl (C=O) groups is 2. The topological polar surface area (TPSA) is 75.6 Å². The van der Waals surface area contributed by atoms with Gasteiger partial charge in [0.25, 0.3) is 5.91 Å². The van der Waals surface area contributed by atoms with E-state index in [2.05, 4.69) is 35.1 Å². The third-order valence-corrected chi connectivity index (χ3v) is 3.90. The summed E-state index contributed by atoms with van der Waals surface area (Å²) < 4.78 is 6.05. The lowest BCUT2D eigenvalue weighted by Crippen LogP contribution is -2.21. The molecule has 2 N–H and O–H groups in total. The van der Waals surface area contributed by atoms with Crippen molar-refractivity contribution >= 4 is 33.5 Å². The average molecular weight is 392 g/mol. The van der Waals surface area contributed by atoms with Crippen molar-refractivity contribution in [3.63, 3.8) is 0 Å². The maximum atomic E-state index is 12.0. The van der Waals surface area contributed by atoms with E-state index in [4.69, 9.17) is 4.74 Å². The molecule has 1 amide bonds. The van der Waals surface area contributed by atoms with E-state index >= 15 is 0 Å². The number of benzene rings is 2. The number of hydrogen-bond donors (Lipinski definition) is 2. The molecule has 24 heavy (non-hydrogen) atoms. The summed E-state index contributed by atoms with van der Waals surface area (Å²) in [5.74, 6) is -0.525. The zero-order valence-electron chi connectivity index (χ0n) is 13.4. The van der Waals surface area contributed by atoms with Gasteiger partial charge in [-0.3, -0.25) is 4.79 Å². The van der Waals surface area contributed by atoms with Crippen LogP contribution in [-0.4, -0.2) is 23.6 Å². The van der Waals surface area contributed by atoms with Gasteiger partial charge >= 0.3 is 5.97 Å². The Bertz CT molecular complexity index is 741. The number of ether oxygens (including phenoxy) is 1. The Kier molecular flexibility index (Phi) is 5.98. The van der Waals surface area contributed by atoms with Crippen LogP contribution in [0.4, 0.5) is 5.69 Å². The van der Waals surface area contributed by atoms with Crippen molar-refractivity contribution < 1.29 is 19.4 Å². The predicted molar refractivity (Wildman–Crippen MR) is 95.8 cm³/mol. The number of carbonyl (C=O) groups excluding carboxylic acids is 1. The van der Waals surface area contributed by atoms with Crippen LogP contribution in [0.3, 0.4) is 0 Å². The zero-order valence-corrected chi connectivity index (χ0v) is 15.0. The summed E-state index contributed by atoms with van der Waals surface area (Å²) in [6.45, 7) is 4.00. The molecule has 0 unspecified atom stereocenters. The molecule has 2 rings (SSSR count). The number of carboxylic acids is 1. The van der Waals surface area contributed by atoms with Gasteiger partial charge < -0.3 is 15.2 Å². The van der Waals surface area contributed by atoms with Gasteiger partial charge in [-0.05, 0) is 41.8 Å². The molecule has 0 spiro atoms. The van der Waals surface area contributed by atoms with Gasteiger partial charge in [0.15, 0.2) is 6.61 Å². The second kappa shape index (κ2) is 7.97. The van der Waals surface area contributed by atoms with Crippen LogP contribution in [0.2, 0.25) is 0 Å². The molecule has 0 fully saturated rings. The fraction of sp³-hybridized carbons (Fsp3) is 0.222. The predicted octanol–water partition coefficient (Wildman–Crippen LogP) is 4.29. The minimum atomic E-state index is -1.11. The summed E-state index contributed by atoms with van der Waals surface area (Å²) >= 11 is 3.21. The van der Waals surface area contributed by atoms with Crippen LogP contribution in [0.15, 0.2) is 46.9 Å². The van der Waals surface area contributed by atoms with Crippen molar-refractivity contribution in [2.45, 2.75) is 19.8 Å². The van der Waals surface area contributed by atoms with Crippen molar-refractivity contribution in [3.8, 4) is 5.75 Å². The molecular formula is C18H18BrNO4. The fourth-order valence-corrected chi connectivity index (χ4v) is 2.45. The van der Waals surface area contributed by atoms with E-state index in [1.165, 1.54) is 17.7 Å². The Balaban J connectivity index is 1.97. The van der Waals surface area contributed by atoms with Crippen molar-refractivity contribution in [3.05, 3.63) is 58.1 Å². The lowest BCUT2D eigenvalue weighted by Gasteiger charge is -2.11. The maximum absolute atomic E-state index is 12.0. The molecule has 5 nitrogen and oxygen atoms in total. The smallest absolute Gasteiger partial charge is 0.337 e. The second-order valence-corrected chi connectivity index (χ2v) is 6.47. The Labute approximate surface area is 148 Å². The monoisotopic (exact) mass is 391 g/mol. The van der Waals surface area contributed by atoms with Gasteiger partial charge in [0.05, 0.1) is 11.3 Å². The first-order valence-electron chi connectivity index (χ1n) is 7.42. The van der Waals surface area contributed by atoms with Crippen molar-refractivity contribution in [2.24, 2.45) is 0 Å².